The van der Waals surface area contributed by atoms with Gasteiger partial charge in [0, 0.05) is 0 Å². The van der Waals surface area contributed by atoms with Crippen LogP contribution in [0.25, 0.3) is 0 Å². The molecule has 0 aliphatic rings. The van der Waals surface area contributed by atoms with Crippen LogP contribution < -0.4 is 0 Å². The lowest BCUT2D eigenvalue weighted by molar-refractivity contribution is -0.488. The van der Waals surface area contributed by atoms with Crippen molar-refractivity contribution >= 4 is 10.1 Å². The second-order valence-corrected chi connectivity index (χ2v) is 4.66. The van der Waals surface area contributed by atoms with Crippen molar-refractivity contribution in [1.82, 2.24) is 0 Å². The normalized spacial score (nSPS) is 16.2. The van der Waals surface area contributed by atoms with Crippen molar-refractivity contribution in [2.24, 2.45) is 0 Å². The Balaban J connectivity index is 5.76. The largest absolute Gasteiger partial charge is 0.462 e. The molecule has 0 fully saturated rings. The third-order valence-corrected chi connectivity index (χ3v) is 2.53. The second kappa shape index (κ2) is 4.80. The molecule has 0 aromatic heterocycles. The maximum atomic E-state index is 12.4. The molecule has 0 aromatic rings. The van der Waals surface area contributed by atoms with E-state index in [1.54, 1.807) is 0 Å². The van der Waals surface area contributed by atoms with E-state index in [4.69, 9.17) is 4.55 Å². The standard InChI is InChI=1S/C5HF11O4S/c6-1(7,2(8,9)10)3(11,12)20-4(13,14)5(15,16)21(17,18)19/h(H,17,18,19). The Bertz CT molecular complexity index is 491. The minimum absolute atomic E-state index is 1.38. The Kier molecular flexibility index (Phi) is 4.60. The van der Waals surface area contributed by atoms with E-state index >= 15 is 0 Å². The van der Waals surface area contributed by atoms with Crippen LogP contribution in [0.1, 0.15) is 0 Å². The fourth-order valence-corrected chi connectivity index (χ4v) is 0.942. The number of hydrogen-bond acceptors (Lipinski definition) is 3. The van der Waals surface area contributed by atoms with Gasteiger partial charge in [-0.1, -0.05) is 0 Å². The van der Waals surface area contributed by atoms with Gasteiger partial charge >= 0.3 is 39.7 Å². The fraction of sp³-hybridized carbons (Fsp3) is 1.00. The van der Waals surface area contributed by atoms with Crippen LogP contribution in [0.5, 0.6) is 0 Å². The summed E-state index contributed by atoms with van der Waals surface area (Å²) >= 11 is 0. The maximum Gasteiger partial charge on any atom is 0.462 e. The molecule has 4 nitrogen and oxygen atoms in total. The number of rotatable bonds is 5. The van der Waals surface area contributed by atoms with Crippen molar-refractivity contribution < 1.29 is 66.0 Å². The molecule has 0 atom stereocenters. The van der Waals surface area contributed by atoms with Crippen molar-refractivity contribution in [3.05, 3.63) is 0 Å². The topological polar surface area (TPSA) is 63.6 Å². The summed E-state index contributed by atoms with van der Waals surface area (Å²) in [6.07, 6.45) is -21.6. The minimum Gasteiger partial charge on any atom is -0.281 e. The highest BCUT2D eigenvalue weighted by Gasteiger charge is 2.80. The highest BCUT2D eigenvalue weighted by molar-refractivity contribution is 7.86. The van der Waals surface area contributed by atoms with E-state index in [0.29, 0.717) is 0 Å². The number of hydrogen-bond donors (Lipinski definition) is 1. The van der Waals surface area contributed by atoms with Gasteiger partial charge in [0.15, 0.2) is 0 Å². The summed E-state index contributed by atoms with van der Waals surface area (Å²) in [5, 5.41) is -6.93. The van der Waals surface area contributed by atoms with Crippen molar-refractivity contribution in [3.8, 4) is 0 Å². The van der Waals surface area contributed by atoms with E-state index in [-0.39, 0.29) is 0 Å². The zero-order chi connectivity index (χ0) is 17.7. The minimum atomic E-state index is -7.36. The molecule has 0 unspecified atom stereocenters. The summed E-state index contributed by atoms with van der Waals surface area (Å²) in [4.78, 5) is 0. The van der Waals surface area contributed by atoms with Crippen molar-refractivity contribution in [2.45, 2.75) is 29.6 Å². The molecule has 0 radical (unpaired) electrons. The first-order valence-corrected chi connectivity index (χ1v) is 5.40. The molecule has 0 amide bonds. The second-order valence-electron chi connectivity index (χ2n) is 3.20. The highest BCUT2D eigenvalue weighted by Crippen LogP contribution is 2.51. The molecule has 0 spiro atoms. The highest BCUT2D eigenvalue weighted by atomic mass is 32.2. The summed E-state index contributed by atoms with van der Waals surface area (Å²) in [7, 11) is -7.18. The number of halogens is 11. The average molecular weight is 366 g/mol. The van der Waals surface area contributed by atoms with Crippen LogP contribution in [0.4, 0.5) is 48.3 Å². The van der Waals surface area contributed by atoms with Crippen LogP contribution in [0.15, 0.2) is 0 Å². The van der Waals surface area contributed by atoms with Gasteiger partial charge in [0.05, 0.1) is 0 Å². The Morgan fingerprint density at radius 3 is 1.29 bits per heavy atom. The summed E-state index contributed by atoms with van der Waals surface area (Å²) in [6.45, 7) is 0. The smallest absolute Gasteiger partial charge is 0.281 e. The lowest BCUT2D eigenvalue weighted by atomic mass is 10.3. The Morgan fingerprint density at radius 1 is 0.714 bits per heavy atom. The van der Waals surface area contributed by atoms with Crippen LogP contribution in [-0.2, 0) is 14.9 Å². The summed E-state index contributed by atoms with van der Waals surface area (Å²) in [5.74, 6) is -7.36. The molecule has 0 rings (SSSR count). The van der Waals surface area contributed by atoms with Crippen molar-refractivity contribution in [2.75, 3.05) is 0 Å². The first-order chi connectivity index (χ1) is 8.71. The van der Waals surface area contributed by atoms with E-state index < -0.39 is 39.7 Å². The van der Waals surface area contributed by atoms with E-state index in [2.05, 4.69) is 0 Å². The first kappa shape index (κ1) is 20.1. The predicted molar refractivity (Wildman–Crippen MR) is 38.5 cm³/mol. The third-order valence-electron chi connectivity index (χ3n) is 1.64. The van der Waals surface area contributed by atoms with Gasteiger partial charge in [-0.05, 0) is 0 Å². The van der Waals surface area contributed by atoms with Crippen molar-refractivity contribution in [3.63, 3.8) is 0 Å². The molecular weight excluding hydrogens is 365 g/mol. The third kappa shape index (κ3) is 3.31. The SMILES string of the molecule is O=S(=O)(O)C(F)(F)C(F)(F)OC(F)(F)C(F)(F)C(F)(F)F. The van der Waals surface area contributed by atoms with E-state index in [0.717, 1.165) is 0 Å². The zero-order valence-corrected chi connectivity index (χ0v) is 9.55. The van der Waals surface area contributed by atoms with Gasteiger partial charge in [0.1, 0.15) is 0 Å². The molecule has 0 aliphatic carbocycles. The van der Waals surface area contributed by atoms with Gasteiger partial charge in [0.25, 0.3) is 0 Å². The Labute approximate surface area is 107 Å². The first-order valence-electron chi connectivity index (χ1n) is 3.96. The summed E-state index contributed by atoms with van der Waals surface area (Å²) < 4.78 is 162. The quantitative estimate of drug-likeness (QED) is 0.601. The lowest BCUT2D eigenvalue weighted by Crippen LogP contribution is -2.59. The molecule has 21 heavy (non-hydrogen) atoms. The van der Waals surface area contributed by atoms with Gasteiger partial charge < -0.3 is 0 Å². The number of ether oxygens (including phenoxy) is 1. The van der Waals surface area contributed by atoms with Crippen LogP contribution >= 0.6 is 0 Å². The molecule has 0 saturated heterocycles. The Hall–Kier alpha value is -0.900. The molecule has 0 aromatic carbocycles. The van der Waals surface area contributed by atoms with Crippen molar-refractivity contribution in [1.29, 1.82) is 0 Å². The molecule has 128 valence electrons. The monoisotopic (exact) mass is 366 g/mol. The molecule has 0 aliphatic heterocycles. The van der Waals surface area contributed by atoms with Gasteiger partial charge in [-0.2, -0.15) is 56.7 Å². The average Bonchev–Trinajstić information content (AvgIpc) is 2.11. The van der Waals surface area contributed by atoms with E-state index in [9.17, 15) is 56.7 Å². The van der Waals surface area contributed by atoms with Crippen LogP contribution in [0, 0.1) is 0 Å². The zero-order valence-electron chi connectivity index (χ0n) is 8.74. The van der Waals surface area contributed by atoms with Gasteiger partial charge in [-0.3, -0.25) is 4.55 Å². The molecule has 0 bridgehead atoms. The number of alkyl halides is 11. The van der Waals surface area contributed by atoms with Gasteiger partial charge in [-0.15, -0.1) is 0 Å². The molecule has 0 heterocycles. The molecule has 0 saturated carbocycles. The maximum absolute atomic E-state index is 12.4. The van der Waals surface area contributed by atoms with Crippen LogP contribution in [0.2, 0.25) is 0 Å². The van der Waals surface area contributed by atoms with E-state index in [1.807, 2.05) is 0 Å². The molecule has 1 N–H and O–H groups in total. The molecular formula is C5HF11O4S. The lowest BCUT2D eigenvalue weighted by Gasteiger charge is -2.32. The van der Waals surface area contributed by atoms with E-state index in [1.165, 1.54) is 4.74 Å². The summed E-state index contributed by atoms with van der Waals surface area (Å²) in [6, 6.07) is 0. The predicted octanol–water partition coefficient (Wildman–Crippen LogP) is 2.87. The van der Waals surface area contributed by atoms with Crippen LogP contribution in [-0.4, -0.2) is 42.5 Å². The Morgan fingerprint density at radius 2 is 1.05 bits per heavy atom. The van der Waals surface area contributed by atoms with Gasteiger partial charge in [0.2, 0.25) is 0 Å². The summed E-state index contributed by atoms with van der Waals surface area (Å²) in [5.41, 5.74) is 0. The van der Waals surface area contributed by atoms with Crippen LogP contribution in [0.3, 0.4) is 0 Å². The molecule has 16 heteroatoms. The fourth-order valence-electron chi connectivity index (χ4n) is 0.600. The van der Waals surface area contributed by atoms with Gasteiger partial charge in [-0.25, -0.2) is 4.74 Å².